The lowest BCUT2D eigenvalue weighted by molar-refractivity contribution is 0.131. The van der Waals surface area contributed by atoms with Crippen LogP contribution in [0.4, 0.5) is 0 Å². The van der Waals surface area contributed by atoms with Gasteiger partial charge >= 0.3 is 5.63 Å². The zero-order valence-corrected chi connectivity index (χ0v) is 20.1. The Morgan fingerprint density at radius 3 is 2.42 bits per heavy atom. The van der Waals surface area contributed by atoms with Crippen molar-refractivity contribution >= 4 is 11.0 Å². The molecule has 2 aromatic rings. The number of para-hydroxylation sites is 1. The summed E-state index contributed by atoms with van der Waals surface area (Å²) in [4.78, 5) is 12.8. The van der Waals surface area contributed by atoms with Gasteiger partial charge in [0.05, 0.1) is 11.5 Å². The molecule has 0 bridgehead atoms. The van der Waals surface area contributed by atoms with Crippen molar-refractivity contribution in [2.45, 2.75) is 79.9 Å². The highest BCUT2D eigenvalue weighted by Crippen LogP contribution is 2.38. The summed E-state index contributed by atoms with van der Waals surface area (Å²) in [6.07, 6.45) is 6.02. The van der Waals surface area contributed by atoms with Crippen LogP contribution in [-0.4, -0.2) is 18.3 Å². The Morgan fingerprint density at radius 2 is 1.81 bits per heavy atom. The normalized spacial score (nSPS) is 12.2. The average molecular weight is 429 g/mol. The molecule has 2 rings (SSSR count). The van der Waals surface area contributed by atoms with Crippen molar-refractivity contribution < 1.29 is 18.6 Å². The zero-order valence-electron chi connectivity index (χ0n) is 20.1. The summed E-state index contributed by atoms with van der Waals surface area (Å²) >= 11 is 0. The SMILES string of the molecule is CC(C)=CCC/C(C)=C/COc1c(OC(C)C)c(=O)oc2c(OC(C)(C)C)cccc12. The Bertz CT molecular complexity index is 999. The van der Waals surface area contributed by atoms with E-state index in [0.717, 1.165) is 12.8 Å². The molecule has 0 saturated carbocycles. The van der Waals surface area contributed by atoms with E-state index < -0.39 is 11.2 Å². The standard InChI is InChI=1S/C26H36O5/c1-17(2)11-9-12-19(5)15-16-28-23-20-13-10-14-21(31-26(6,7)8)22(20)30-25(27)24(23)29-18(3)4/h10-11,13-15,18H,9,12,16H2,1-8H3/b19-15+. The van der Waals surface area contributed by atoms with Crippen LogP contribution >= 0.6 is 0 Å². The largest absolute Gasteiger partial charge is 0.485 e. The van der Waals surface area contributed by atoms with E-state index in [1.54, 1.807) is 6.07 Å². The van der Waals surface area contributed by atoms with Crippen molar-refractivity contribution in [3.05, 3.63) is 51.9 Å². The molecule has 0 fully saturated rings. The lowest BCUT2D eigenvalue weighted by Gasteiger charge is -2.22. The van der Waals surface area contributed by atoms with Crippen LogP contribution < -0.4 is 19.8 Å². The molecule has 0 amide bonds. The molecular weight excluding hydrogens is 392 g/mol. The summed E-state index contributed by atoms with van der Waals surface area (Å²) in [6.45, 7) is 16.2. The third kappa shape index (κ3) is 7.50. The van der Waals surface area contributed by atoms with Crippen LogP contribution in [0, 0.1) is 0 Å². The molecule has 0 aliphatic rings. The molecule has 0 N–H and O–H groups in total. The molecule has 0 radical (unpaired) electrons. The number of fused-ring (bicyclic) bond motifs is 1. The first kappa shape index (κ1) is 24.6. The molecule has 5 heteroatoms. The van der Waals surface area contributed by atoms with Gasteiger partial charge in [0.2, 0.25) is 5.75 Å². The molecular formula is C26H36O5. The average Bonchev–Trinajstić information content (AvgIpc) is 2.63. The van der Waals surface area contributed by atoms with E-state index in [2.05, 4.69) is 26.8 Å². The van der Waals surface area contributed by atoms with Crippen LogP contribution in [0.5, 0.6) is 17.2 Å². The van der Waals surface area contributed by atoms with Crippen molar-refractivity contribution in [3.63, 3.8) is 0 Å². The lowest BCUT2D eigenvalue weighted by Crippen LogP contribution is -2.23. The predicted octanol–water partition coefficient (Wildman–Crippen LogP) is 6.83. The predicted molar refractivity (Wildman–Crippen MR) is 127 cm³/mol. The number of rotatable bonds is 9. The first-order chi connectivity index (χ1) is 14.5. The molecule has 0 aliphatic heterocycles. The maximum Gasteiger partial charge on any atom is 0.383 e. The van der Waals surface area contributed by atoms with E-state index in [1.165, 1.54) is 11.1 Å². The number of ether oxygens (including phenoxy) is 3. The highest BCUT2D eigenvalue weighted by molar-refractivity contribution is 5.90. The smallest absolute Gasteiger partial charge is 0.383 e. The molecule has 1 aromatic heterocycles. The second-order valence-electron chi connectivity index (χ2n) is 9.24. The summed E-state index contributed by atoms with van der Waals surface area (Å²) in [5.74, 6) is 0.968. The summed E-state index contributed by atoms with van der Waals surface area (Å²) < 4.78 is 23.5. The van der Waals surface area contributed by atoms with Gasteiger partial charge in [-0.1, -0.05) is 23.3 Å². The third-order valence-corrected chi connectivity index (χ3v) is 4.33. The first-order valence-electron chi connectivity index (χ1n) is 10.8. The van der Waals surface area contributed by atoms with Crippen LogP contribution in [0.3, 0.4) is 0 Å². The Balaban J connectivity index is 2.42. The van der Waals surface area contributed by atoms with Gasteiger partial charge in [-0.05, 0) is 86.4 Å². The third-order valence-electron chi connectivity index (χ3n) is 4.33. The second kappa shape index (κ2) is 10.6. The Kier molecular flexibility index (Phi) is 8.37. The Labute approximate surface area is 185 Å². The number of allylic oxidation sites excluding steroid dienone is 3. The Hall–Kier alpha value is -2.69. The lowest BCUT2D eigenvalue weighted by atomic mass is 10.1. The summed E-state index contributed by atoms with van der Waals surface area (Å²) in [6, 6.07) is 5.49. The fourth-order valence-electron chi connectivity index (χ4n) is 3.00. The fourth-order valence-corrected chi connectivity index (χ4v) is 3.00. The van der Waals surface area contributed by atoms with Gasteiger partial charge < -0.3 is 18.6 Å². The van der Waals surface area contributed by atoms with E-state index >= 15 is 0 Å². The molecule has 0 aliphatic carbocycles. The monoisotopic (exact) mass is 428 g/mol. The molecule has 170 valence electrons. The van der Waals surface area contributed by atoms with Gasteiger partial charge in [0.1, 0.15) is 12.2 Å². The maximum atomic E-state index is 12.8. The van der Waals surface area contributed by atoms with Crippen LogP contribution in [0.1, 0.15) is 68.2 Å². The zero-order chi connectivity index (χ0) is 23.2. The van der Waals surface area contributed by atoms with Crippen molar-refractivity contribution in [3.8, 4) is 17.2 Å². The van der Waals surface area contributed by atoms with Gasteiger partial charge in [-0.2, -0.15) is 0 Å². The maximum absolute atomic E-state index is 12.8. The summed E-state index contributed by atoms with van der Waals surface area (Å²) in [7, 11) is 0. The van der Waals surface area contributed by atoms with E-state index in [1.807, 2.05) is 52.8 Å². The van der Waals surface area contributed by atoms with Gasteiger partial charge in [0.25, 0.3) is 0 Å². The van der Waals surface area contributed by atoms with Crippen LogP contribution in [0.25, 0.3) is 11.0 Å². The minimum Gasteiger partial charge on any atom is -0.485 e. The molecule has 0 saturated heterocycles. The van der Waals surface area contributed by atoms with Crippen LogP contribution in [0.2, 0.25) is 0 Å². The van der Waals surface area contributed by atoms with Gasteiger partial charge in [0.15, 0.2) is 17.1 Å². The fraction of sp³-hybridized carbons (Fsp3) is 0.500. The molecule has 0 atom stereocenters. The minimum atomic E-state index is -0.578. The van der Waals surface area contributed by atoms with Gasteiger partial charge in [-0.3, -0.25) is 0 Å². The quantitative estimate of drug-likeness (QED) is 0.324. The molecule has 5 nitrogen and oxygen atoms in total. The van der Waals surface area contributed by atoms with E-state index in [4.69, 9.17) is 18.6 Å². The van der Waals surface area contributed by atoms with Crippen molar-refractivity contribution in [2.75, 3.05) is 6.61 Å². The minimum absolute atomic E-state index is 0.0889. The van der Waals surface area contributed by atoms with Crippen LogP contribution in [0.15, 0.2) is 50.7 Å². The number of hydrogen-bond acceptors (Lipinski definition) is 5. The first-order valence-corrected chi connectivity index (χ1v) is 10.8. The highest BCUT2D eigenvalue weighted by Gasteiger charge is 2.22. The highest BCUT2D eigenvalue weighted by atomic mass is 16.5. The van der Waals surface area contributed by atoms with Crippen LogP contribution in [-0.2, 0) is 0 Å². The van der Waals surface area contributed by atoms with Crippen molar-refractivity contribution in [2.24, 2.45) is 0 Å². The number of hydrogen-bond donors (Lipinski definition) is 0. The summed E-state index contributed by atoms with van der Waals surface area (Å²) in [5, 5.41) is 0.646. The second-order valence-corrected chi connectivity index (χ2v) is 9.24. The molecule has 1 aromatic carbocycles. The molecule has 0 spiro atoms. The topological polar surface area (TPSA) is 57.9 Å². The molecule has 0 unspecified atom stereocenters. The van der Waals surface area contributed by atoms with Gasteiger partial charge in [-0.25, -0.2) is 4.79 Å². The molecule has 31 heavy (non-hydrogen) atoms. The number of benzene rings is 1. The molecule has 1 heterocycles. The summed E-state index contributed by atoms with van der Waals surface area (Å²) in [5.41, 5.74) is 1.89. The Morgan fingerprint density at radius 1 is 1.10 bits per heavy atom. The van der Waals surface area contributed by atoms with Crippen molar-refractivity contribution in [1.29, 1.82) is 0 Å². The van der Waals surface area contributed by atoms with E-state index in [9.17, 15) is 4.79 Å². The van der Waals surface area contributed by atoms with E-state index in [-0.39, 0.29) is 11.9 Å². The van der Waals surface area contributed by atoms with Gasteiger partial charge in [-0.15, -0.1) is 0 Å². The van der Waals surface area contributed by atoms with Gasteiger partial charge in [0, 0.05) is 0 Å². The van der Waals surface area contributed by atoms with Crippen molar-refractivity contribution in [1.82, 2.24) is 0 Å². The van der Waals surface area contributed by atoms with E-state index in [0.29, 0.717) is 29.1 Å².